The van der Waals surface area contributed by atoms with E-state index in [4.69, 9.17) is 4.74 Å². The van der Waals surface area contributed by atoms with Gasteiger partial charge in [0.1, 0.15) is 11.6 Å². The van der Waals surface area contributed by atoms with Gasteiger partial charge in [0.2, 0.25) is 0 Å². The summed E-state index contributed by atoms with van der Waals surface area (Å²) < 4.78 is 45.3. The van der Waals surface area contributed by atoms with E-state index in [1.807, 2.05) is 31.2 Å². The molecule has 2 aromatic carbocycles. The summed E-state index contributed by atoms with van der Waals surface area (Å²) in [5.41, 5.74) is 0.716. The van der Waals surface area contributed by atoms with Gasteiger partial charge in [-0.25, -0.2) is 12.8 Å². The Morgan fingerprint density at radius 3 is 2.30 bits per heavy atom. The molecule has 0 fully saturated rings. The third-order valence-electron chi connectivity index (χ3n) is 3.48. The Morgan fingerprint density at radius 2 is 1.63 bits per heavy atom. The van der Waals surface area contributed by atoms with Crippen molar-refractivity contribution in [2.24, 2.45) is 0 Å². The third-order valence-corrected chi connectivity index (χ3v) is 4.85. The summed E-state index contributed by atoms with van der Waals surface area (Å²) in [5, 5.41) is 10.9. The SMILES string of the molecule is CCOc1ccccc1Nc1ccc(NS(=O)(=O)c2ccc(F)cc2)nn1. The maximum atomic E-state index is 12.9. The van der Waals surface area contributed by atoms with Gasteiger partial charge in [0.25, 0.3) is 10.0 Å². The molecule has 0 aliphatic heterocycles. The molecule has 3 rings (SSSR count). The number of aromatic nitrogens is 2. The van der Waals surface area contributed by atoms with Crippen molar-refractivity contribution in [3.63, 3.8) is 0 Å². The fourth-order valence-corrected chi connectivity index (χ4v) is 3.25. The molecule has 140 valence electrons. The van der Waals surface area contributed by atoms with Gasteiger partial charge < -0.3 is 10.1 Å². The quantitative estimate of drug-likeness (QED) is 0.643. The molecule has 0 saturated carbocycles. The molecule has 3 aromatic rings. The predicted molar refractivity (Wildman–Crippen MR) is 100 cm³/mol. The first-order valence-corrected chi connectivity index (χ1v) is 9.57. The number of anilines is 3. The van der Waals surface area contributed by atoms with E-state index in [0.717, 1.165) is 12.1 Å². The fourth-order valence-electron chi connectivity index (χ4n) is 2.25. The smallest absolute Gasteiger partial charge is 0.263 e. The molecule has 0 amide bonds. The van der Waals surface area contributed by atoms with Crippen molar-refractivity contribution in [2.45, 2.75) is 11.8 Å². The minimum Gasteiger partial charge on any atom is -0.492 e. The van der Waals surface area contributed by atoms with Gasteiger partial charge in [-0.2, -0.15) is 0 Å². The van der Waals surface area contributed by atoms with E-state index in [1.165, 1.54) is 18.2 Å². The van der Waals surface area contributed by atoms with E-state index in [0.29, 0.717) is 23.9 Å². The summed E-state index contributed by atoms with van der Waals surface area (Å²) in [6.45, 7) is 2.41. The van der Waals surface area contributed by atoms with E-state index in [9.17, 15) is 12.8 Å². The van der Waals surface area contributed by atoms with Gasteiger partial charge in [-0.1, -0.05) is 12.1 Å². The minimum absolute atomic E-state index is 0.0444. The average Bonchev–Trinajstić information content (AvgIpc) is 2.65. The number of para-hydroxylation sites is 2. The van der Waals surface area contributed by atoms with Gasteiger partial charge in [-0.05, 0) is 55.5 Å². The molecular formula is C18H17FN4O3S. The van der Waals surface area contributed by atoms with Crippen molar-refractivity contribution >= 4 is 27.3 Å². The van der Waals surface area contributed by atoms with Crippen molar-refractivity contribution in [1.82, 2.24) is 10.2 Å². The van der Waals surface area contributed by atoms with Crippen LogP contribution in [0.2, 0.25) is 0 Å². The van der Waals surface area contributed by atoms with Crippen LogP contribution >= 0.6 is 0 Å². The van der Waals surface area contributed by atoms with Gasteiger partial charge in [0, 0.05) is 0 Å². The van der Waals surface area contributed by atoms with Crippen LogP contribution in [0.25, 0.3) is 0 Å². The van der Waals surface area contributed by atoms with E-state index in [2.05, 4.69) is 20.2 Å². The number of rotatable bonds is 7. The summed E-state index contributed by atoms with van der Waals surface area (Å²) in [4.78, 5) is -0.0708. The van der Waals surface area contributed by atoms with Crippen LogP contribution in [0.3, 0.4) is 0 Å². The lowest BCUT2D eigenvalue weighted by Gasteiger charge is -2.11. The highest BCUT2D eigenvalue weighted by molar-refractivity contribution is 7.92. The zero-order chi connectivity index (χ0) is 19.3. The Bertz CT molecular complexity index is 1010. The summed E-state index contributed by atoms with van der Waals surface area (Å²) in [5.74, 6) is 0.620. The molecule has 0 unspecified atom stereocenters. The number of nitrogens with zero attached hydrogens (tertiary/aromatic N) is 2. The van der Waals surface area contributed by atoms with Crippen molar-refractivity contribution in [2.75, 3.05) is 16.6 Å². The number of ether oxygens (including phenoxy) is 1. The van der Waals surface area contributed by atoms with Crippen LogP contribution in [0.1, 0.15) is 6.92 Å². The predicted octanol–water partition coefficient (Wildman–Crippen LogP) is 3.56. The lowest BCUT2D eigenvalue weighted by Crippen LogP contribution is -2.14. The molecule has 0 saturated heterocycles. The maximum absolute atomic E-state index is 12.9. The highest BCUT2D eigenvalue weighted by Gasteiger charge is 2.15. The second-order valence-electron chi connectivity index (χ2n) is 5.42. The lowest BCUT2D eigenvalue weighted by atomic mass is 10.3. The van der Waals surface area contributed by atoms with Crippen molar-refractivity contribution in [3.05, 3.63) is 66.5 Å². The van der Waals surface area contributed by atoms with Crippen LogP contribution in [0.5, 0.6) is 5.75 Å². The molecular weight excluding hydrogens is 371 g/mol. The number of hydrogen-bond donors (Lipinski definition) is 2. The summed E-state index contributed by atoms with van der Waals surface area (Å²) >= 11 is 0. The van der Waals surface area contributed by atoms with Crippen molar-refractivity contribution in [1.29, 1.82) is 0 Å². The molecule has 1 aromatic heterocycles. The highest BCUT2D eigenvalue weighted by atomic mass is 32.2. The molecule has 1 heterocycles. The van der Waals surface area contributed by atoms with Crippen molar-refractivity contribution in [3.8, 4) is 5.75 Å². The number of nitrogens with one attached hydrogen (secondary N) is 2. The third kappa shape index (κ3) is 4.70. The summed E-state index contributed by atoms with van der Waals surface area (Å²) in [7, 11) is -3.88. The van der Waals surface area contributed by atoms with E-state index < -0.39 is 15.8 Å². The monoisotopic (exact) mass is 388 g/mol. The molecule has 0 atom stereocenters. The average molecular weight is 388 g/mol. The van der Waals surface area contributed by atoms with E-state index in [-0.39, 0.29) is 10.7 Å². The van der Waals surface area contributed by atoms with Gasteiger partial charge in [-0.15, -0.1) is 10.2 Å². The first kappa shape index (κ1) is 18.6. The summed E-state index contributed by atoms with van der Waals surface area (Å²) in [6.07, 6.45) is 0. The van der Waals surface area contributed by atoms with Crippen LogP contribution in [0.4, 0.5) is 21.7 Å². The molecule has 0 bridgehead atoms. The van der Waals surface area contributed by atoms with E-state index in [1.54, 1.807) is 6.07 Å². The Balaban J connectivity index is 1.73. The van der Waals surface area contributed by atoms with Gasteiger partial charge >= 0.3 is 0 Å². The van der Waals surface area contributed by atoms with Gasteiger partial charge in [0.15, 0.2) is 11.6 Å². The topological polar surface area (TPSA) is 93.2 Å². The number of halogens is 1. The van der Waals surface area contributed by atoms with Crippen LogP contribution in [0.15, 0.2) is 65.6 Å². The first-order valence-electron chi connectivity index (χ1n) is 8.09. The fraction of sp³-hybridized carbons (Fsp3) is 0.111. The Morgan fingerprint density at radius 1 is 0.963 bits per heavy atom. The zero-order valence-corrected chi connectivity index (χ0v) is 15.2. The second-order valence-corrected chi connectivity index (χ2v) is 7.10. The largest absolute Gasteiger partial charge is 0.492 e. The molecule has 0 aliphatic carbocycles. The first-order chi connectivity index (χ1) is 13.0. The Kier molecular flexibility index (Phi) is 5.51. The molecule has 0 aliphatic rings. The molecule has 7 nitrogen and oxygen atoms in total. The van der Waals surface area contributed by atoms with Crippen LogP contribution in [-0.4, -0.2) is 25.2 Å². The maximum Gasteiger partial charge on any atom is 0.263 e. The highest BCUT2D eigenvalue weighted by Crippen LogP contribution is 2.26. The molecule has 2 N–H and O–H groups in total. The van der Waals surface area contributed by atoms with Gasteiger partial charge in [0.05, 0.1) is 17.2 Å². The standard InChI is InChI=1S/C18H17FN4O3S/c1-2-26-16-6-4-3-5-15(16)20-17-11-12-18(22-21-17)23-27(24,25)14-9-7-13(19)8-10-14/h3-12H,2H2,1H3,(H,20,21)(H,22,23). The van der Waals surface area contributed by atoms with Crippen LogP contribution in [0, 0.1) is 5.82 Å². The summed E-state index contributed by atoms with van der Waals surface area (Å²) in [6, 6.07) is 14.9. The van der Waals surface area contributed by atoms with Crippen molar-refractivity contribution < 1.29 is 17.5 Å². The van der Waals surface area contributed by atoms with Gasteiger partial charge in [-0.3, -0.25) is 4.72 Å². The molecule has 27 heavy (non-hydrogen) atoms. The Hall–Kier alpha value is -3.20. The number of hydrogen-bond acceptors (Lipinski definition) is 6. The second kappa shape index (κ2) is 8.00. The van der Waals surface area contributed by atoms with E-state index >= 15 is 0 Å². The number of sulfonamides is 1. The molecule has 0 spiro atoms. The molecule has 9 heteroatoms. The zero-order valence-electron chi connectivity index (χ0n) is 14.4. The minimum atomic E-state index is -3.88. The number of benzene rings is 2. The normalized spacial score (nSPS) is 11.0. The lowest BCUT2D eigenvalue weighted by molar-refractivity contribution is 0.342. The van der Waals surface area contributed by atoms with Crippen LogP contribution in [-0.2, 0) is 10.0 Å². The Labute approximate surface area is 156 Å². The molecule has 0 radical (unpaired) electrons. The van der Waals surface area contributed by atoms with Crippen LogP contribution < -0.4 is 14.8 Å².